The fourth-order valence-electron chi connectivity index (χ4n) is 2.23. The maximum Gasteiger partial charge on any atom is 0.254 e. The highest BCUT2D eigenvalue weighted by Gasteiger charge is 2.23. The number of benzene rings is 1. The van der Waals surface area contributed by atoms with E-state index in [1.54, 1.807) is 11.3 Å². The molecule has 2 aromatic rings. The monoisotopic (exact) mass is 243 g/mol. The normalized spacial score (nSPS) is 14.8. The molecule has 0 saturated heterocycles. The zero-order valence-electron chi connectivity index (χ0n) is 9.43. The molecule has 1 aliphatic rings. The van der Waals surface area contributed by atoms with Crippen LogP contribution in [0, 0.1) is 0 Å². The maximum absolute atomic E-state index is 12.3. The number of nitrogens with zero attached hydrogens (tertiary/aromatic N) is 1. The molecule has 1 amide bonds. The van der Waals surface area contributed by atoms with Gasteiger partial charge >= 0.3 is 0 Å². The first-order chi connectivity index (χ1) is 8.34. The molecule has 0 atom stereocenters. The lowest BCUT2D eigenvalue weighted by atomic mass is 9.99. The van der Waals surface area contributed by atoms with Crippen LogP contribution in [0.25, 0.3) is 0 Å². The first-order valence-corrected chi connectivity index (χ1v) is 6.67. The third kappa shape index (κ3) is 1.98. The van der Waals surface area contributed by atoms with Crippen molar-refractivity contribution in [2.24, 2.45) is 0 Å². The smallest absolute Gasteiger partial charge is 0.254 e. The highest BCUT2D eigenvalue weighted by atomic mass is 32.1. The molecule has 17 heavy (non-hydrogen) atoms. The molecule has 0 fully saturated rings. The standard InChI is InChI=1S/C14H13NOS/c16-14-13-4-2-1-3-12(13)5-7-15(14)9-11-6-8-17-10-11/h1-4,6,8,10H,5,7,9H2. The minimum atomic E-state index is 0.165. The van der Waals surface area contributed by atoms with Crippen molar-refractivity contribution < 1.29 is 4.79 Å². The number of fused-ring (bicyclic) bond motifs is 1. The molecule has 0 radical (unpaired) electrons. The van der Waals surface area contributed by atoms with Gasteiger partial charge in [0.1, 0.15) is 0 Å². The first-order valence-electron chi connectivity index (χ1n) is 5.73. The van der Waals surface area contributed by atoms with Crippen LogP contribution in [-0.2, 0) is 13.0 Å². The van der Waals surface area contributed by atoms with E-state index in [4.69, 9.17) is 0 Å². The second-order valence-electron chi connectivity index (χ2n) is 4.27. The predicted molar refractivity (Wildman–Crippen MR) is 69.2 cm³/mol. The van der Waals surface area contributed by atoms with E-state index in [2.05, 4.69) is 22.9 Å². The summed E-state index contributed by atoms with van der Waals surface area (Å²) < 4.78 is 0. The van der Waals surface area contributed by atoms with Gasteiger partial charge < -0.3 is 4.90 Å². The van der Waals surface area contributed by atoms with Crippen molar-refractivity contribution >= 4 is 17.2 Å². The fourth-order valence-corrected chi connectivity index (χ4v) is 2.89. The Morgan fingerprint density at radius 2 is 2.12 bits per heavy atom. The SMILES string of the molecule is O=C1c2ccccc2CCN1Cc1ccsc1. The van der Waals surface area contributed by atoms with Gasteiger partial charge in [-0.05, 0) is 40.4 Å². The van der Waals surface area contributed by atoms with Gasteiger partial charge in [0.15, 0.2) is 0 Å². The Morgan fingerprint density at radius 3 is 2.94 bits per heavy atom. The van der Waals surface area contributed by atoms with E-state index >= 15 is 0 Å². The van der Waals surface area contributed by atoms with Crippen LogP contribution in [0.1, 0.15) is 21.5 Å². The number of rotatable bonds is 2. The number of carbonyl (C=O) groups is 1. The quantitative estimate of drug-likeness (QED) is 0.794. The van der Waals surface area contributed by atoms with Crippen LogP contribution in [0.3, 0.4) is 0 Å². The Labute approximate surface area is 105 Å². The highest BCUT2D eigenvalue weighted by Crippen LogP contribution is 2.20. The molecule has 1 aliphatic heterocycles. The summed E-state index contributed by atoms with van der Waals surface area (Å²) >= 11 is 1.68. The Bertz CT molecular complexity index is 533. The van der Waals surface area contributed by atoms with Crippen LogP contribution in [-0.4, -0.2) is 17.4 Å². The maximum atomic E-state index is 12.3. The third-order valence-corrected chi connectivity index (χ3v) is 3.87. The number of amides is 1. The summed E-state index contributed by atoms with van der Waals surface area (Å²) in [7, 11) is 0. The second-order valence-corrected chi connectivity index (χ2v) is 5.05. The Balaban J connectivity index is 1.84. The van der Waals surface area contributed by atoms with Crippen molar-refractivity contribution in [3.8, 4) is 0 Å². The summed E-state index contributed by atoms with van der Waals surface area (Å²) in [5.74, 6) is 0.165. The van der Waals surface area contributed by atoms with Crippen molar-refractivity contribution in [2.75, 3.05) is 6.54 Å². The van der Waals surface area contributed by atoms with Gasteiger partial charge in [0.2, 0.25) is 0 Å². The molecule has 0 saturated carbocycles. The summed E-state index contributed by atoms with van der Waals surface area (Å²) in [5, 5.41) is 4.16. The van der Waals surface area contributed by atoms with Crippen LogP contribution in [0.2, 0.25) is 0 Å². The summed E-state index contributed by atoms with van der Waals surface area (Å²) in [6.07, 6.45) is 0.964. The molecule has 2 heterocycles. The van der Waals surface area contributed by atoms with Crippen molar-refractivity contribution in [3.63, 3.8) is 0 Å². The zero-order chi connectivity index (χ0) is 11.7. The van der Waals surface area contributed by atoms with Crippen molar-refractivity contribution in [1.29, 1.82) is 0 Å². The molecule has 0 aliphatic carbocycles. The van der Waals surface area contributed by atoms with Gasteiger partial charge in [-0.3, -0.25) is 4.79 Å². The van der Waals surface area contributed by atoms with E-state index in [0.717, 1.165) is 25.1 Å². The van der Waals surface area contributed by atoms with Crippen LogP contribution < -0.4 is 0 Å². The van der Waals surface area contributed by atoms with Gasteiger partial charge in [-0.25, -0.2) is 0 Å². The average Bonchev–Trinajstić information content (AvgIpc) is 2.86. The molecule has 3 heteroatoms. The van der Waals surface area contributed by atoms with E-state index in [1.807, 2.05) is 23.1 Å². The molecule has 0 N–H and O–H groups in total. The predicted octanol–water partition coefficient (Wildman–Crippen LogP) is 2.95. The largest absolute Gasteiger partial charge is 0.334 e. The molecule has 0 spiro atoms. The van der Waals surface area contributed by atoms with Crippen molar-refractivity contribution in [3.05, 3.63) is 57.8 Å². The Morgan fingerprint density at radius 1 is 1.24 bits per heavy atom. The Hall–Kier alpha value is -1.61. The van der Waals surface area contributed by atoms with Crippen molar-refractivity contribution in [1.82, 2.24) is 4.90 Å². The number of carbonyl (C=O) groups excluding carboxylic acids is 1. The summed E-state index contributed by atoms with van der Waals surface area (Å²) in [6.45, 7) is 1.56. The topological polar surface area (TPSA) is 20.3 Å². The average molecular weight is 243 g/mol. The van der Waals surface area contributed by atoms with E-state index in [1.165, 1.54) is 11.1 Å². The van der Waals surface area contributed by atoms with Gasteiger partial charge in [0, 0.05) is 18.7 Å². The van der Waals surface area contributed by atoms with Crippen LogP contribution in [0.4, 0.5) is 0 Å². The Kier molecular flexibility index (Phi) is 2.69. The van der Waals surface area contributed by atoms with Gasteiger partial charge in [-0.15, -0.1) is 0 Å². The van der Waals surface area contributed by atoms with E-state index in [0.29, 0.717) is 0 Å². The second kappa shape index (κ2) is 4.34. The minimum Gasteiger partial charge on any atom is -0.334 e. The highest BCUT2D eigenvalue weighted by molar-refractivity contribution is 7.07. The summed E-state index contributed by atoms with van der Waals surface area (Å²) in [4.78, 5) is 14.2. The molecule has 86 valence electrons. The van der Waals surface area contributed by atoms with Crippen LogP contribution in [0.15, 0.2) is 41.1 Å². The summed E-state index contributed by atoms with van der Waals surface area (Å²) in [5.41, 5.74) is 3.27. The number of hydrogen-bond acceptors (Lipinski definition) is 2. The lowest BCUT2D eigenvalue weighted by Crippen LogP contribution is -2.36. The van der Waals surface area contributed by atoms with E-state index in [-0.39, 0.29) is 5.91 Å². The third-order valence-electron chi connectivity index (χ3n) is 3.14. The van der Waals surface area contributed by atoms with E-state index in [9.17, 15) is 4.79 Å². The lowest BCUT2D eigenvalue weighted by molar-refractivity contribution is 0.0727. The molecule has 0 bridgehead atoms. The summed E-state index contributed by atoms with van der Waals surface area (Å²) in [6, 6.07) is 10.00. The van der Waals surface area contributed by atoms with Gasteiger partial charge in [-0.2, -0.15) is 11.3 Å². The van der Waals surface area contributed by atoms with Gasteiger partial charge in [0.25, 0.3) is 5.91 Å². The number of hydrogen-bond donors (Lipinski definition) is 0. The molecule has 1 aromatic heterocycles. The molecular weight excluding hydrogens is 230 g/mol. The number of thiophene rings is 1. The molecule has 0 unspecified atom stereocenters. The molecule has 2 nitrogen and oxygen atoms in total. The van der Waals surface area contributed by atoms with Crippen LogP contribution in [0.5, 0.6) is 0 Å². The first kappa shape index (κ1) is 10.5. The lowest BCUT2D eigenvalue weighted by Gasteiger charge is -2.28. The zero-order valence-corrected chi connectivity index (χ0v) is 10.2. The van der Waals surface area contributed by atoms with Crippen LogP contribution >= 0.6 is 11.3 Å². The van der Waals surface area contributed by atoms with E-state index < -0.39 is 0 Å². The van der Waals surface area contributed by atoms with Gasteiger partial charge in [0.05, 0.1) is 0 Å². The van der Waals surface area contributed by atoms with Crippen molar-refractivity contribution in [2.45, 2.75) is 13.0 Å². The molecule has 1 aromatic carbocycles. The van der Waals surface area contributed by atoms with Gasteiger partial charge in [-0.1, -0.05) is 18.2 Å². The molecular formula is C14H13NOS. The molecule has 3 rings (SSSR count). The minimum absolute atomic E-state index is 0.165. The fraction of sp³-hybridized carbons (Fsp3) is 0.214.